The molecule has 2 amide bonds. The van der Waals surface area contributed by atoms with E-state index in [1.165, 1.54) is 6.08 Å². The number of amides is 2. The van der Waals surface area contributed by atoms with Gasteiger partial charge in [-0.25, -0.2) is 0 Å². The van der Waals surface area contributed by atoms with E-state index in [0.717, 1.165) is 12.0 Å². The number of benzene rings is 1. The monoisotopic (exact) mass is 328 g/mol. The molecule has 0 saturated heterocycles. The lowest BCUT2D eigenvalue weighted by Crippen LogP contribution is -2.47. The Labute approximate surface area is 134 Å². The first-order chi connectivity index (χ1) is 9.85. The summed E-state index contributed by atoms with van der Waals surface area (Å²) in [7, 11) is 0. The second kappa shape index (κ2) is 8.05. The molecular weight excluding hydrogens is 311 g/mol. The van der Waals surface area contributed by atoms with Crippen LogP contribution < -0.4 is 11.1 Å². The maximum atomic E-state index is 11.8. The molecule has 1 aromatic carbocycles. The minimum atomic E-state index is -0.680. The molecule has 0 fully saturated rings. The van der Waals surface area contributed by atoms with E-state index < -0.39 is 11.9 Å². The van der Waals surface area contributed by atoms with Crippen LogP contribution in [0.25, 0.3) is 6.08 Å². The van der Waals surface area contributed by atoms with Crippen LogP contribution in [0.1, 0.15) is 25.8 Å². The van der Waals surface area contributed by atoms with Crippen LogP contribution in [0.4, 0.5) is 0 Å². The predicted molar refractivity (Wildman–Crippen MR) is 86.1 cm³/mol. The molecule has 114 valence electrons. The second-order valence-electron chi connectivity index (χ2n) is 4.78. The number of carbonyl (C=O) groups is 2. The van der Waals surface area contributed by atoms with Gasteiger partial charge in [-0.05, 0) is 29.7 Å². The van der Waals surface area contributed by atoms with Gasteiger partial charge in [-0.3, -0.25) is 9.59 Å². The summed E-state index contributed by atoms with van der Waals surface area (Å²) in [6.45, 7) is 3.79. The van der Waals surface area contributed by atoms with Gasteiger partial charge in [-0.2, -0.15) is 0 Å². The molecule has 0 aliphatic heterocycles. The van der Waals surface area contributed by atoms with Crippen molar-refractivity contribution in [1.29, 1.82) is 0 Å². The van der Waals surface area contributed by atoms with E-state index in [0.29, 0.717) is 10.0 Å². The van der Waals surface area contributed by atoms with Crippen molar-refractivity contribution in [3.05, 3.63) is 39.9 Å². The number of nitrogens with two attached hydrogens (primary N) is 1. The van der Waals surface area contributed by atoms with Crippen molar-refractivity contribution >= 4 is 41.1 Å². The van der Waals surface area contributed by atoms with Crippen LogP contribution in [-0.4, -0.2) is 17.9 Å². The van der Waals surface area contributed by atoms with Crippen molar-refractivity contribution in [3.63, 3.8) is 0 Å². The Kier molecular flexibility index (Phi) is 6.72. The van der Waals surface area contributed by atoms with Crippen molar-refractivity contribution in [1.82, 2.24) is 5.32 Å². The van der Waals surface area contributed by atoms with Crippen LogP contribution in [-0.2, 0) is 9.59 Å². The highest BCUT2D eigenvalue weighted by molar-refractivity contribution is 6.42. The average molecular weight is 329 g/mol. The van der Waals surface area contributed by atoms with E-state index in [-0.39, 0.29) is 11.8 Å². The van der Waals surface area contributed by atoms with Crippen molar-refractivity contribution in [2.75, 3.05) is 0 Å². The molecule has 0 radical (unpaired) electrons. The lowest BCUT2D eigenvalue weighted by molar-refractivity contribution is -0.126. The number of hydrogen-bond donors (Lipinski definition) is 2. The highest BCUT2D eigenvalue weighted by Crippen LogP contribution is 2.23. The van der Waals surface area contributed by atoms with Gasteiger partial charge < -0.3 is 11.1 Å². The first-order valence-electron chi connectivity index (χ1n) is 6.58. The van der Waals surface area contributed by atoms with Crippen LogP contribution in [0.2, 0.25) is 10.0 Å². The Morgan fingerprint density at radius 2 is 2.00 bits per heavy atom. The summed E-state index contributed by atoms with van der Waals surface area (Å²) < 4.78 is 0. The van der Waals surface area contributed by atoms with Gasteiger partial charge in [0.25, 0.3) is 0 Å². The van der Waals surface area contributed by atoms with Crippen molar-refractivity contribution in [2.45, 2.75) is 26.3 Å². The number of halogens is 2. The quantitative estimate of drug-likeness (QED) is 0.788. The van der Waals surface area contributed by atoms with E-state index in [9.17, 15) is 9.59 Å². The van der Waals surface area contributed by atoms with Crippen LogP contribution in [0.15, 0.2) is 24.3 Å². The fraction of sp³-hybridized carbons (Fsp3) is 0.333. The third-order valence-electron chi connectivity index (χ3n) is 3.19. The molecule has 0 spiro atoms. The molecule has 1 rings (SSSR count). The van der Waals surface area contributed by atoms with Crippen LogP contribution in [0, 0.1) is 5.92 Å². The van der Waals surface area contributed by atoms with Gasteiger partial charge in [0.05, 0.1) is 10.0 Å². The van der Waals surface area contributed by atoms with Crippen LogP contribution >= 0.6 is 23.2 Å². The Balaban J connectivity index is 2.73. The third kappa shape index (κ3) is 5.40. The predicted octanol–water partition coefficient (Wildman–Crippen LogP) is 3.02. The SMILES string of the molecule is CCC(C)C(NC(=O)C=Cc1ccc(Cl)c(Cl)c1)C(N)=O. The maximum Gasteiger partial charge on any atom is 0.244 e. The van der Waals surface area contributed by atoms with Gasteiger partial charge >= 0.3 is 0 Å². The number of hydrogen-bond acceptors (Lipinski definition) is 2. The normalized spacial score (nSPS) is 13.9. The molecule has 0 bridgehead atoms. The van der Waals surface area contributed by atoms with Gasteiger partial charge in [0.15, 0.2) is 0 Å². The third-order valence-corrected chi connectivity index (χ3v) is 3.93. The van der Waals surface area contributed by atoms with Gasteiger partial charge in [-0.15, -0.1) is 0 Å². The fourth-order valence-electron chi connectivity index (χ4n) is 1.72. The summed E-state index contributed by atoms with van der Waals surface area (Å²) in [5.41, 5.74) is 6.03. The molecule has 21 heavy (non-hydrogen) atoms. The van der Waals surface area contributed by atoms with Crippen molar-refractivity contribution in [2.24, 2.45) is 11.7 Å². The summed E-state index contributed by atoms with van der Waals surface area (Å²) >= 11 is 11.7. The molecule has 6 heteroatoms. The number of primary amides is 1. The van der Waals surface area contributed by atoms with Crippen molar-refractivity contribution < 1.29 is 9.59 Å². The molecular formula is C15H18Cl2N2O2. The number of nitrogens with one attached hydrogen (secondary N) is 1. The molecule has 0 saturated carbocycles. The molecule has 0 aliphatic rings. The summed E-state index contributed by atoms with van der Waals surface area (Å²) in [5.74, 6) is -0.948. The number of rotatable bonds is 6. The highest BCUT2D eigenvalue weighted by Gasteiger charge is 2.22. The van der Waals surface area contributed by atoms with Gasteiger partial charge in [0, 0.05) is 6.08 Å². The Bertz CT molecular complexity index is 559. The van der Waals surface area contributed by atoms with E-state index in [2.05, 4.69) is 5.32 Å². The molecule has 0 heterocycles. The van der Waals surface area contributed by atoms with E-state index in [1.807, 2.05) is 13.8 Å². The van der Waals surface area contributed by atoms with Crippen LogP contribution in [0.3, 0.4) is 0 Å². The smallest absolute Gasteiger partial charge is 0.244 e. The lowest BCUT2D eigenvalue weighted by atomic mass is 9.98. The fourth-order valence-corrected chi connectivity index (χ4v) is 2.03. The van der Waals surface area contributed by atoms with E-state index in [4.69, 9.17) is 28.9 Å². The summed E-state index contributed by atoms with van der Waals surface area (Å²) in [5, 5.41) is 3.46. The topological polar surface area (TPSA) is 72.2 Å². The van der Waals surface area contributed by atoms with Crippen molar-refractivity contribution in [3.8, 4) is 0 Å². The Morgan fingerprint density at radius 1 is 1.33 bits per heavy atom. The Morgan fingerprint density at radius 3 is 2.52 bits per heavy atom. The van der Waals surface area contributed by atoms with Gasteiger partial charge in [0.1, 0.15) is 6.04 Å². The molecule has 2 unspecified atom stereocenters. The lowest BCUT2D eigenvalue weighted by Gasteiger charge is -2.20. The zero-order valence-electron chi connectivity index (χ0n) is 11.9. The zero-order chi connectivity index (χ0) is 16.0. The molecule has 0 aliphatic carbocycles. The largest absolute Gasteiger partial charge is 0.368 e. The summed E-state index contributed by atoms with van der Waals surface area (Å²) in [6.07, 6.45) is 3.66. The molecule has 2 atom stereocenters. The Hall–Kier alpha value is -1.52. The van der Waals surface area contributed by atoms with Crippen LogP contribution in [0.5, 0.6) is 0 Å². The molecule has 0 aromatic heterocycles. The van der Waals surface area contributed by atoms with Gasteiger partial charge in [0.2, 0.25) is 11.8 Å². The first-order valence-corrected chi connectivity index (χ1v) is 7.33. The van der Waals surface area contributed by atoms with E-state index >= 15 is 0 Å². The molecule has 1 aromatic rings. The summed E-state index contributed by atoms with van der Waals surface area (Å²) in [4.78, 5) is 23.2. The first kappa shape index (κ1) is 17.5. The molecule has 4 nitrogen and oxygen atoms in total. The highest BCUT2D eigenvalue weighted by atomic mass is 35.5. The summed E-state index contributed by atoms with van der Waals surface area (Å²) in [6, 6.07) is 4.35. The zero-order valence-corrected chi connectivity index (χ0v) is 13.4. The second-order valence-corrected chi connectivity index (χ2v) is 5.60. The minimum Gasteiger partial charge on any atom is -0.368 e. The van der Waals surface area contributed by atoms with E-state index in [1.54, 1.807) is 24.3 Å². The average Bonchev–Trinajstić information content (AvgIpc) is 2.44. The molecule has 3 N–H and O–H groups in total. The standard InChI is InChI=1S/C15H18Cl2N2O2/c1-3-9(2)14(15(18)21)19-13(20)7-5-10-4-6-11(16)12(17)8-10/h4-9,14H,3H2,1-2H3,(H2,18,21)(H,19,20). The van der Waals surface area contributed by atoms with Gasteiger partial charge in [-0.1, -0.05) is 49.5 Å². The minimum absolute atomic E-state index is 0.0233. The number of carbonyl (C=O) groups excluding carboxylic acids is 2. The maximum absolute atomic E-state index is 11.8.